The summed E-state index contributed by atoms with van der Waals surface area (Å²) in [6.07, 6.45) is 1.48. The Morgan fingerprint density at radius 1 is 0.870 bits per heavy atom. The lowest BCUT2D eigenvalue weighted by Gasteiger charge is -2.50. The average Bonchev–Trinajstić information content (AvgIpc) is 2.39. The van der Waals surface area contributed by atoms with Gasteiger partial charge in [-0.25, -0.2) is 0 Å². The van der Waals surface area contributed by atoms with Crippen molar-refractivity contribution < 1.29 is 4.79 Å². The number of benzene rings is 1. The highest BCUT2D eigenvalue weighted by atomic mass is 35.5. The second-order valence-corrected chi connectivity index (χ2v) is 9.27. The first-order valence-corrected chi connectivity index (χ1v) is 8.72. The van der Waals surface area contributed by atoms with E-state index in [1.54, 1.807) is 0 Å². The number of hydrogen-bond donors (Lipinski definition) is 1. The molecule has 2 rings (SSSR count). The van der Waals surface area contributed by atoms with Crippen molar-refractivity contribution in [1.82, 2.24) is 0 Å². The summed E-state index contributed by atoms with van der Waals surface area (Å²) < 4.78 is 0. The molecule has 1 aromatic carbocycles. The minimum atomic E-state index is -1.02. The van der Waals surface area contributed by atoms with E-state index in [1.165, 1.54) is 10.9 Å². The predicted molar refractivity (Wildman–Crippen MR) is 124 cm³/mol. The van der Waals surface area contributed by atoms with Crippen molar-refractivity contribution in [1.29, 1.82) is 0 Å². The van der Waals surface area contributed by atoms with E-state index >= 15 is 0 Å². The van der Waals surface area contributed by atoms with E-state index in [-0.39, 0.29) is 11.0 Å². The van der Waals surface area contributed by atoms with E-state index in [2.05, 4.69) is 31.4 Å². The Balaban J connectivity index is 2.81. The first-order valence-electron chi connectivity index (χ1n) is 8.35. The molecule has 1 atom stereocenters. The third-order valence-electron chi connectivity index (χ3n) is 5.76. The Morgan fingerprint density at radius 3 is 1.87 bits per heavy atom. The quantitative estimate of drug-likeness (QED) is 0.523. The molecule has 1 aromatic rings. The van der Waals surface area contributed by atoms with Crippen LogP contribution in [-0.2, 0) is 10.3 Å². The van der Waals surface area contributed by atoms with Crippen molar-refractivity contribution in [2.24, 2.45) is 5.73 Å². The van der Waals surface area contributed by atoms with Crippen LogP contribution < -0.4 is 27.6 Å². The molecule has 2 N–H and O–H groups in total. The second-order valence-electron chi connectivity index (χ2n) is 8.89. The molecule has 0 amide bonds. The molecule has 2 nitrogen and oxygen atoms in total. The molecule has 1 aliphatic carbocycles. The van der Waals surface area contributed by atoms with Gasteiger partial charge in [-0.05, 0) is 17.2 Å². The second kappa shape index (κ2) is 5.59. The van der Waals surface area contributed by atoms with Crippen LogP contribution in [0.5, 0.6) is 0 Å². The first kappa shape index (κ1) is 19.0. The van der Waals surface area contributed by atoms with Crippen LogP contribution in [0.25, 0.3) is 0 Å². The van der Waals surface area contributed by atoms with Gasteiger partial charge in [0, 0.05) is 5.02 Å². The summed E-state index contributed by atoms with van der Waals surface area (Å²) in [6, 6.07) is 0. The Hall–Kier alpha value is -0.341. The molecule has 0 aromatic heterocycles. The maximum Gasteiger partial charge on any atom is 0.147 e. The van der Waals surface area contributed by atoms with Gasteiger partial charge < -0.3 is 5.73 Å². The molecule has 1 fully saturated rings. The number of hydrogen-bond acceptors (Lipinski definition) is 2. The van der Waals surface area contributed by atoms with Crippen molar-refractivity contribution in [3.8, 4) is 0 Å². The molecule has 0 radical (unpaired) electrons. The van der Waals surface area contributed by atoms with Gasteiger partial charge in [0.25, 0.3) is 0 Å². The van der Waals surface area contributed by atoms with Crippen molar-refractivity contribution in [2.45, 2.75) is 28.8 Å². The molecule has 0 bridgehead atoms. The standard InChI is InChI=1S/C12H22B8ClNO/c13-4-3(8(21)7(16)6(15)5(4)14)11(22)1-10(17,18)2-12(19,20)9(11)23/h1-2,13-20,22H2. The fraction of sp³-hybridized carbons (Fsp3) is 0.417. The van der Waals surface area contributed by atoms with Crippen molar-refractivity contribution >= 4 is 102 Å². The Labute approximate surface area is 152 Å². The number of halogens is 1. The number of carbonyl (C=O) groups excluding carboxylic acids is 1. The van der Waals surface area contributed by atoms with E-state index < -0.39 is 10.8 Å². The number of Topliss-reactive ketones (excluding diaryl/α,β-unsaturated/α-hetero) is 1. The maximum atomic E-state index is 13.3. The van der Waals surface area contributed by atoms with Gasteiger partial charge in [0.2, 0.25) is 0 Å². The fourth-order valence-corrected chi connectivity index (χ4v) is 5.23. The fourth-order valence-electron chi connectivity index (χ4n) is 4.78. The number of ketones is 1. The zero-order chi connectivity index (χ0) is 18.0. The van der Waals surface area contributed by atoms with Gasteiger partial charge in [-0.2, -0.15) is 0 Å². The van der Waals surface area contributed by atoms with Gasteiger partial charge >= 0.3 is 0 Å². The molecule has 0 saturated heterocycles. The lowest BCUT2D eigenvalue weighted by Crippen LogP contribution is -2.62. The molecular formula is C12H22B8ClNO. The minimum Gasteiger partial charge on any atom is -0.315 e. The number of nitrogens with two attached hydrogens (primary N) is 1. The molecule has 1 unspecified atom stereocenters. The lowest BCUT2D eigenvalue weighted by molar-refractivity contribution is -0.127. The third kappa shape index (κ3) is 2.91. The third-order valence-corrected chi connectivity index (χ3v) is 6.23. The van der Waals surface area contributed by atoms with Crippen LogP contribution >= 0.6 is 11.6 Å². The van der Waals surface area contributed by atoms with Gasteiger partial charge in [0.05, 0.1) is 21.2 Å². The van der Waals surface area contributed by atoms with Crippen LogP contribution in [0.2, 0.25) is 15.5 Å². The highest BCUT2D eigenvalue weighted by Gasteiger charge is 2.53. The van der Waals surface area contributed by atoms with Crippen LogP contribution in [0.3, 0.4) is 0 Å². The zero-order valence-electron chi connectivity index (χ0n) is 15.8. The van der Waals surface area contributed by atoms with Gasteiger partial charge in [0.1, 0.15) is 52.9 Å². The zero-order valence-corrected chi connectivity index (χ0v) is 16.5. The Bertz CT molecular complexity index is 678. The van der Waals surface area contributed by atoms with E-state index in [1.807, 2.05) is 31.4 Å². The summed E-state index contributed by atoms with van der Waals surface area (Å²) in [7, 11) is 16.6. The maximum absolute atomic E-state index is 13.3. The van der Waals surface area contributed by atoms with Gasteiger partial charge in [-0.1, -0.05) is 34.2 Å². The van der Waals surface area contributed by atoms with E-state index in [9.17, 15) is 4.79 Å². The summed E-state index contributed by atoms with van der Waals surface area (Å²) in [4.78, 5) is 13.3. The summed E-state index contributed by atoms with van der Waals surface area (Å²) in [5.74, 6) is 0.108. The van der Waals surface area contributed by atoms with Crippen LogP contribution in [0.4, 0.5) is 0 Å². The highest BCUT2D eigenvalue weighted by molar-refractivity contribution is 6.66. The average molecular weight is 318 g/mol. The van der Waals surface area contributed by atoms with Crippen LogP contribution in [0.1, 0.15) is 18.4 Å². The molecular weight excluding hydrogens is 296 g/mol. The normalized spacial score (nSPS) is 26.1. The van der Waals surface area contributed by atoms with Gasteiger partial charge in [-0.15, -0.1) is 10.9 Å². The molecule has 1 saturated carbocycles. The summed E-state index contributed by atoms with van der Waals surface area (Å²) >= 11 is 6.72. The molecule has 1 aliphatic rings. The predicted octanol–water partition coefficient (Wildman–Crippen LogP) is -8.34. The number of rotatable bonds is 1. The van der Waals surface area contributed by atoms with Crippen LogP contribution in [0, 0.1) is 0 Å². The summed E-state index contributed by atoms with van der Waals surface area (Å²) in [5.41, 5.74) is 11.1. The van der Waals surface area contributed by atoms with Gasteiger partial charge in [-0.3, -0.25) is 4.79 Å². The molecule has 0 aliphatic heterocycles. The summed E-state index contributed by atoms with van der Waals surface area (Å²) in [6.45, 7) is 0. The molecule has 0 heterocycles. The molecule has 112 valence electrons. The van der Waals surface area contributed by atoms with Crippen molar-refractivity contribution in [2.75, 3.05) is 0 Å². The smallest absolute Gasteiger partial charge is 0.147 e. The SMILES string of the molecule is Bc1c(B)c(B)c(C2(N)CC(B)(B)CC(B)(B)C2=O)c(Cl)c1B. The van der Waals surface area contributed by atoms with Crippen LogP contribution in [0.15, 0.2) is 0 Å². The van der Waals surface area contributed by atoms with E-state index in [0.29, 0.717) is 11.4 Å². The monoisotopic (exact) mass is 319 g/mol. The minimum absolute atomic E-state index is 0.00533. The van der Waals surface area contributed by atoms with Gasteiger partial charge in [0.15, 0.2) is 0 Å². The summed E-state index contributed by atoms with van der Waals surface area (Å²) in [5, 5.41) is 0.211. The Morgan fingerprint density at radius 2 is 1.35 bits per heavy atom. The largest absolute Gasteiger partial charge is 0.315 e. The first-order chi connectivity index (χ1) is 10.2. The van der Waals surface area contributed by atoms with E-state index in [4.69, 9.17) is 17.3 Å². The molecule has 11 heteroatoms. The lowest BCUT2D eigenvalue weighted by atomic mass is 9.32. The van der Waals surface area contributed by atoms with E-state index in [0.717, 1.165) is 22.9 Å². The highest BCUT2D eigenvalue weighted by Crippen LogP contribution is 2.52. The molecule has 0 spiro atoms. The van der Waals surface area contributed by atoms with Crippen molar-refractivity contribution in [3.05, 3.63) is 10.6 Å². The van der Waals surface area contributed by atoms with Crippen LogP contribution in [-0.4, -0.2) is 68.6 Å². The number of carbonyl (C=O) groups is 1. The molecule has 23 heavy (non-hydrogen) atoms. The topological polar surface area (TPSA) is 43.1 Å². The Kier molecular flexibility index (Phi) is 4.62. The van der Waals surface area contributed by atoms with Crippen molar-refractivity contribution in [3.63, 3.8) is 0 Å².